The van der Waals surface area contributed by atoms with Gasteiger partial charge in [-0.3, -0.25) is 9.78 Å². The largest absolute Gasteiger partial charge is 0.368 e. The lowest BCUT2D eigenvalue weighted by molar-refractivity contribution is -0.120. The molecule has 1 fully saturated rings. The maximum Gasteiger partial charge on any atom is 0.241 e. The molecule has 85 valence electrons. The summed E-state index contributed by atoms with van der Waals surface area (Å²) in [6, 6.07) is 4.10. The highest BCUT2D eigenvalue weighted by Crippen LogP contribution is 2.22. The number of carbonyl (C=O) groups is 1. The van der Waals surface area contributed by atoms with Crippen molar-refractivity contribution in [2.24, 2.45) is 11.5 Å². The third kappa shape index (κ3) is 1.99. The number of aromatic nitrogens is 1. The Bertz CT molecular complexity index is 368. The second-order valence-electron chi connectivity index (χ2n) is 3.97. The van der Waals surface area contributed by atoms with Crippen LogP contribution in [0.5, 0.6) is 0 Å². The zero-order valence-corrected chi connectivity index (χ0v) is 8.97. The quantitative estimate of drug-likeness (QED) is 0.712. The van der Waals surface area contributed by atoms with Crippen molar-refractivity contribution in [2.75, 3.05) is 11.4 Å². The summed E-state index contributed by atoms with van der Waals surface area (Å²) < 4.78 is 0. The predicted octanol–water partition coefficient (Wildman–Crippen LogP) is -0.337. The van der Waals surface area contributed by atoms with Crippen LogP contribution in [0.4, 0.5) is 5.69 Å². The number of primary amides is 1. The third-order valence-corrected chi connectivity index (χ3v) is 2.87. The van der Waals surface area contributed by atoms with E-state index >= 15 is 0 Å². The van der Waals surface area contributed by atoms with E-state index in [1.807, 2.05) is 4.90 Å². The zero-order valence-electron chi connectivity index (χ0n) is 8.97. The molecule has 5 nitrogen and oxygen atoms in total. The summed E-state index contributed by atoms with van der Waals surface area (Å²) in [7, 11) is 0. The molecule has 5 heteroatoms. The van der Waals surface area contributed by atoms with Crippen molar-refractivity contribution in [3.63, 3.8) is 0 Å². The molecule has 0 bridgehead atoms. The summed E-state index contributed by atoms with van der Waals surface area (Å²) in [5.41, 5.74) is 12.1. The van der Waals surface area contributed by atoms with Crippen LogP contribution in [0.2, 0.25) is 0 Å². The van der Waals surface area contributed by atoms with E-state index in [1.54, 1.807) is 18.5 Å². The molecule has 1 aromatic rings. The lowest BCUT2D eigenvalue weighted by Crippen LogP contribution is -2.58. The first kappa shape index (κ1) is 10.9. The number of anilines is 1. The van der Waals surface area contributed by atoms with Gasteiger partial charge < -0.3 is 16.4 Å². The van der Waals surface area contributed by atoms with E-state index in [9.17, 15) is 4.79 Å². The number of nitrogens with zero attached hydrogens (tertiary/aromatic N) is 2. The summed E-state index contributed by atoms with van der Waals surface area (Å²) in [5, 5.41) is 0. The van der Waals surface area contributed by atoms with Crippen LogP contribution in [0.3, 0.4) is 0 Å². The Kier molecular flexibility index (Phi) is 3.05. The van der Waals surface area contributed by atoms with Crippen LogP contribution in [0.15, 0.2) is 18.5 Å². The Hall–Kier alpha value is -1.62. The van der Waals surface area contributed by atoms with Crippen LogP contribution in [0.1, 0.15) is 12.8 Å². The molecule has 0 saturated carbocycles. The smallest absolute Gasteiger partial charge is 0.241 e. The van der Waals surface area contributed by atoms with E-state index in [1.165, 1.54) is 0 Å². The lowest BCUT2D eigenvalue weighted by Gasteiger charge is -2.38. The topological polar surface area (TPSA) is 85.2 Å². The van der Waals surface area contributed by atoms with Gasteiger partial charge in [0.15, 0.2) is 0 Å². The molecule has 4 N–H and O–H groups in total. The Morgan fingerprint density at radius 3 is 3.06 bits per heavy atom. The highest BCUT2D eigenvalue weighted by Gasteiger charge is 2.33. The molecule has 1 radical (unpaired) electrons. The molecule has 1 aliphatic heterocycles. The van der Waals surface area contributed by atoms with Crippen LogP contribution >= 0.6 is 0 Å². The summed E-state index contributed by atoms with van der Waals surface area (Å²) in [6.07, 6.45) is 5.10. The summed E-state index contributed by atoms with van der Waals surface area (Å²) in [4.78, 5) is 17.3. The lowest BCUT2D eigenvalue weighted by atomic mass is 9.96. The summed E-state index contributed by atoms with van der Waals surface area (Å²) in [5.74, 6) is -0.385. The van der Waals surface area contributed by atoms with E-state index in [0.717, 1.165) is 25.1 Å². The molecule has 0 aliphatic carbocycles. The molecule has 2 unspecified atom stereocenters. The number of rotatable bonds is 2. The van der Waals surface area contributed by atoms with E-state index in [-0.39, 0.29) is 11.9 Å². The molecular formula is C11H15N4O. The van der Waals surface area contributed by atoms with Crippen molar-refractivity contribution in [3.8, 4) is 0 Å². The summed E-state index contributed by atoms with van der Waals surface area (Å²) in [6.45, 7) is 0.767. The first-order valence-corrected chi connectivity index (χ1v) is 5.33. The van der Waals surface area contributed by atoms with Crippen molar-refractivity contribution in [3.05, 3.63) is 24.5 Å². The van der Waals surface area contributed by atoms with Crippen molar-refractivity contribution in [1.29, 1.82) is 0 Å². The average Bonchev–Trinajstić information content (AvgIpc) is 2.29. The predicted molar refractivity (Wildman–Crippen MR) is 60.6 cm³/mol. The minimum atomic E-state index is -0.450. The molecule has 1 saturated heterocycles. The molecule has 2 rings (SSSR count). The maximum atomic E-state index is 11.4. The minimum absolute atomic E-state index is 0.208. The molecule has 0 aromatic carbocycles. The van der Waals surface area contributed by atoms with Gasteiger partial charge in [-0.15, -0.1) is 0 Å². The molecular weight excluding hydrogens is 204 g/mol. The van der Waals surface area contributed by atoms with Crippen molar-refractivity contribution in [2.45, 2.75) is 24.9 Å². The summed E-state index contributed by atoms with van der Waals surface area (Å²) >= 11 is 0. The highest BCUT2D eigenvalue weighted by atomic mass is 16.1. The zero-order chi connectivity index (χ0) is 11.5. The fourth-order valence-electron chi connectivity index (χ4n) is 2.13. The maximum absolute atomic E-state index is 11.4. The Balaban J connectivity index is 2.27. The number of carbonyl (C=O) groups excluding carboxylic acids is 1. The van der Waals surface area contributed by atoms with E-state index in [0.29, 0.717) is 0 Å². The SMILES string of the molecule is NC(=O)C1C(N)CCCN1c1[c]ccnc1. The van der Waals surface area contributed by atoms with Crippen molar-refractivity contribution < 1.29 is 4.79 Å². The number of amides is 1. The van der Waals surface area contributed by atoms with Crippen LogP contribution in [-0.2, 0) is 4.79 Å². The first-order valence-electron chi connectivity index (χ1n) is 5.33. The Labute approximate surface area is 94.4 Å². The van der Waals surface area contributed by atoms with Gasteiger partial charge in [-0.05, 0) is 18.9 Å². The fourth-order valence-corrected chi connectivity index (χ4v) is 2.13. The number of pyridine rings is 1. The van der Waals surface area contributed by atoms with Crippen LogP contribution in [0.25, 0.3) is 0 Å². The molecule has 1 aliphatic rings. The van der Waals surface area contributed by atoms with Gasteiger partial charge in [0.2, 0.25) is 5.91 Å². The van der Waals surface area contributed by atoms with Crippen molar-refractivity contribution >= 4 is 11.6 Å². The van der Waals surface area contributed by atoms with Gasteiger partial charge in [0.05, 0.1) is 11.9 Å². The van der Waals surface area contributed by atoms with Gasteiger partial charge in [-0.25, -0.2) is 0 Å². The van der Waals surface area contributed by atoms with Crippen LogP contribution < -0.4 is 16.4 Å². The second kappa shape index (κ2) is 4.49. The molecule has 2 atom stereocenters. The molecule has 0 spiro atoms. The second-order valence-corrected chi connectivity index (χ2v) is 3.97. The average molecular weight is 219 g/mol. The van der Waals surface area contributed by atoms with Gasteiger partial charge >= 0.3 is 0 Å². The normalized spacial score (nSPS) is 25.4. The number of hydrogen-bond acceptors (Lipinski definition) is 4. The highest BCUT2D eigenvalue weighted by molar-refractivity contribution is 5.84. The Morgan fingerprint density at radius 1 is 1.62 bits per heavy atom. The monoisotopic (exact) mass is 219 g/mol. The van der Waals surface area contributed by atoms with E-state index in [4.69, 9.17) is 11.5 Å². The Morgan fingerprint density at radius 2 is 2.44 bits per heavy atom. The number of nitrogens with two attached hydrogens (primary N) is 2. The standard InChI is InChI=1S/C11H15N4O/c12-9-4-2-6-15(10(9)11(13)16)8-3-1-5-14-7-8/h1,5,7,9-10H,2,4,6,12H2,(H2,13,16). The number of hydrogen-bond donors (Lipinski definition) is 2. The van der Waals surface area contributed by atoms with Gasteiger partial charge in [-0.2, -0.15) is 0 Å². The van der Waals surface area contributed by atoms with E-state index in [2.05, 4.69) is 11.1 Å². The molecule has 1 amide bonds. The van der Waals surface area contributed by atoms with Gasteiger partial charge in [0, 0.05) is 24.8 Å². The van der Waals surface area contributed by atoms with Crippen LogP contribution in [-0.4, -0.2) is 29.5 Å². The van der Waals surface area contributed by atoms with E-state index < -0.39 is 6.04 Å². The van der Waals surface area contributed by atoms with Crippen LogP contribution in [0, 0.1) is 6.07 Å². The molecule has 1 aromatic heterocycles. The minimum Gasteiger partial charge on any atom is -0.368 e. The number of piperidine rings is 1. The molecule has 16 heavy (non-hydrogen) atoms. The third-order valence-electron chi connectivity index (χ3n) is 2.87. The van der Waals surface area contributed by atoms with Crippen molar-refractivity contribution in [1.82, 2.24) is 4.98 Å². The first-order chi connectivity index (χ1) is 7.70. The van der Waals surface area contributed by atoms with Gasteiger partial charge in [0.25, 0.3) is 0 Å². The van der Waals surface area contributed by atoms with Gasteiger partial charge in [-0.1, -0.05) is 0 Å². The molecule has 2 heterocycles. The van der Waals surface area contributed by atoms with Gasteiger partial charge in [0.1, 0.15) is 6.04 Å². The fraction of sp³-hybridized carbons (Fsp3) is 0.455.